The Kier molecular flexibility index (Phi) is 6.51. The molecule has 0 unspecified atom stereocenters. The Labute approximate surface area is 167 Å². The van der Waals surface area contributed by atoms with E-state index in [9.17, 15) is 18.0 Å². The van der Waals surface area contributed by atoms with E-state index in [1.54, 1.807) is 4.90 Å². The molecular weight excluding hydrogens is 385 g/mol. The summed E-state index contributed by atoms with van der Waals surface area (Å²) in [4.78, 5) is 16.2. The van der Waals surface area contributed by atoms with Crippen LogP contribution in [-0.2, 0) is 11.0 Å². The average molecular weight is 408 g/mol. The van der Waals surface area contributed by atoms with Gasteiger partial charge in [0.05, 0.1) is 17.9 Å². The number of nitrogens with zero attached hydrogens (tertiary/aromatic N) is 2. The molecule has 8 heteroatoms. The number of halogens is 3. The molecular formula is C21H23F3N2O3. The van der Waals surface area contributed by atoms with Crippen LogP contribution in [0.25, 0.3) is 0 Å². The van der Waals surface area contributed by atoms with Crippen molar-refractivity contribution in [3.63, 3.8) is 0 Å². The normalized spacial score (nSPS) is 14.6. The molecule has 1 saturated heterocycles. The number of carbonyl (C=O) groups is 1. The number of amides is 1. The van der Waals surface area contributed by atoms with Crippen molar-refractivity contribution in [2.24, 2.45) is 0 Å². The van der Waals surface area contributed by atoms with Gasteiger partial charge in [-0.15, -0.1) is 0 Å². The predicted molar refractivity (Wildman–Crippen MR) is 103 cm³/mol. The molecule has 0 aromatic heterocycles. The van der Waals surface area contributed by atoms with Gasteiger partial charge in [0.1, 0.15) is 11.5 Å². The van der Waals surface area contributed by atoms with Crippen molar-refractivity contribution in [2.75, 3.05) is 44.3 Å². The molecule has 0 bridgehead atoms. The molecule has 2 aromatic carbocycles. The maximum atomic E-state index is 12.8. The zero-order chi connectivity index (χ0) is 20.9. The van der Waals surface area contributed by atoms with Crippen molar-refractivity contribution in [1.82, 2.24) is 4.90 Å². The summed E-state index contributed by atoms with van der Waals surface area (Å²) >= 11 is 0. The molecule has 1 amide bonds. The zero-order valence-electron chi connectivity index (χ0n) is 16.1. The van der Waals surface area contributed by atoms with Gasteiger partial charge in [-0.1, -0.05) is 18.2 Å². The van der Waals surface area contributed by atoms with Crippen LogP contribution >= 0.6 is 0 Å². The van der Waals surface area contributed by atoms with E-state index in [0.29, 0.717) is 32.8 Å². The minimum absolute atomic E-state index is 0.0254. The molecule has 29 heavy (non-hydrogen) atoms. The second-order valence-corrected chi connectivity index (χ2v) is 6.58. The number of alkyl halides is 3. The van der Waals surface area contributed by atoms with Gasteiger partial charge in [-0.05, 0) is 37.3 Å². The Morgan fingerprint density at radius 2 is 1.72 bits per heavy atom. The molecule has 0 spiro atoms. The number of benzene rings is 2. The van der Waals surface area contributed by atoms with Crippen LogP contribution in [0.4, 0.5) is 18.9 Å². The number of anilines is 1. The number of hydrogen-bond donors (Lipinski definition) is 0. The fourth-order valence-electron chi connectivity index (χ4n) is 3.19. The fourth-order valence-corrected chi connectivity index (χ4v) is 3.19. The SMILES string of the molecule is CCOc1ccccc1N1CCN(C(=O)COc2cccc(C(F)(F)F)c2)CC1. The average Bonchev–Trinajstić information content (AvgIpc) is 2.72. The van der Waals surface area contributed by atoms with Crippen LogP contribution in [0, 0.1) is 0 Å². The van der Waals surface area contributed by atoms with Crippen LogP contribution in [0.1, 0.15) is 12.5 Å². The van der Waals surface area contributed by atoms with Gasteiger partial charge in [-0.3, -0.25) is 4.79 Å². The topological polar surface area (TPSA) is 42.0 Å². The lowest BCUT2D eigenvalue weighted by Crippen LogP contribution is -2.50. The minimum atomic E-state index is -4.45. The van der Waals surface area contributed by atoms with Crippen molar-refractivity contribution >= 4 is 11.6 Å². The first-order valence-corrected chi connectivity index (χ1v) is 9.43. The molecule has 0 aliphatic carbocycles. The van der Waals surface area contributed by atoms with Crippen molar-refractivity contribution in [3.8, 4) is 11.5 Å². The first-order valence-electron chi connectivity index (χ1n) is 9.43. The second-order valence-electron chi connectivity index (χ2n) is 6.58. The van der Waals surface area contributed by atoms with E-state index in [0.717, 1.165) is 23.6 Å². The van der Waals surface area contributed by atoms with Gasteiger partial charge in [0, 0.05) is 26.2 Å². The standard InChI is InChI=1S/C21H23F3N2O3/c1-2-28-19-9-4-3-8-18(19)25-10-12-26(13-11-25)20(27)15-29-17-7-5-6-16(14-17)21(22,23)24/h3-9,14H,2,10-13,15H2,1H3. The van der Waals surface area contributed by atoms with Crippen molar-refractivity contribution in [2.45, 2.75) is 13.1 Å². The van der Waals surface area contributed by atoms with Gasteiger partial charge in [0.25, 0.3) is 5.91 Å². The molecule has 0 saturated carbocycles. The van der Waals surface area contributed by atoms with Gasteiger partial charge >= 0.3 is 6.18 Å². The summed E-state index contributed by atoms with van der Waals surface area (Å²) in [5, 5.41) is 0. The van der Waals surface area contributed by atoms with Crippen LogP contribution in [0.3, 0.4) is 0 Å². The summed E-state index contributed by atoms with van der Waals surface area (Å²) in [5.74, 6) is 0.584. The number of hydrogen-bond acceptors (Lipinski definition) is 4. The van der Waals surface area contributed by atoms with Gasteiger partial charge < -0.3 is 19.3 Å². The van der Waals surface area contributed by atoms with E-state index >= 15 is 0 Å². The first kappa shape index (κ1) is 20.8. The first-order chi connectivity index (χ1) is 13.9. The quantitative estimate of drug-likeness (QED) is 0.729. The highest BCUT2D eigenvalue weighted by Gasteiger charge is 2.30. The monoisotopic (exact) mass is 408 g/mol. The Morgan fingerprint density at radius 3 is 2.41 bits per heavy atom. The number of para-hydroxylation sites is 2. The van der Waals surface area contributed by atoms with Gasteiger partial charge in [-0.2, -0.15) is 13.2 Å². The number of ether oxygens (including phenoxy) is 2. The summed E-state index contributed by atoms with van der Waals surface area (Å²) in [6.45, 7) is 4.49. The third-order valence-electron chi connectivity index (χ3n) is 4.66. The van der Waals surface area contributed by atoms with Crippen molar-refractivity contribution in [1.29, 1.82) is 0 Å². The molecule has 3 rings (SSSR count). The number of carbonyl (C=O) groups excluding carboxylic acids is 1. The number of piperazine rings is 1. The molecule has 0 atom stereocenters. The van der Waals surface area contributed by atoms with E-state index in [-0.39, 0.29) is 18.3 Å². The third kappa shape index (κ3) is 5.34. The second kappa shape index (κ2) is 9.07. The van der Waals surface area contributed by atoms with E-state index < -0.39 is 11.7 Å². The summed E-state index contributed by atoms with van der Waals surface area (Å²) in [7, 11) is 0. The minimum Gasteiger partial charge on any atom is -0.492 e. The summed E-state index contributed by atoms with van der Waals surface area (Å²) in [6.07, 6.45) is -4.45. The molecule has 0 radical (unpaired) electrons. The Morgan fingerprint density at radius 1 is 1.00 bits per heavy atom. The van der Waals surface area contributed by atoms with Crippen LogP contribution in [0.5, 0.6) is 11.5 Å². The van der Waals surface area contributed by atoms with Gasteiger partial charge in [0.2, 0.25) is 0 Å². The Bertz CT molecular complexity index is 834. The van der Waals surface area contributed by atoms with Crippen LogP contribution in [0.2, 0.25) is 0 Å². The van der Waals surface area contributed by atoms with Crippen LogP contribution in [-0.4, -0.2) is 50.2 Å². The molecule has 2 aromatic rings. The predicted octanol–water partition coefficient (Wildman–Crippen LogP) is 3.83. The largest absolute Gasteiger partial charge is 0.492 e. The molecule has 0 N–H and O–H groups in total. The summed E-state index contributed by atoms with van der Waals surface area (Å²) in [5.41, 5.74) is 0.186. The molecule has 1 fully saturated rings. The van der Waals surface area contributed by atoms with E-state index in [1.807, 2.05) is 31.2 Å². The Hall–Kier alpha value is -2.90. The lowest BCUT2D eigenvalue weighted by atomic mass is 10.2. The number of rotatable bonds is 6. The van der Waals surface area contributed by atoms with E-state index in [2.05, 4.69) is 4.90 Å². The maximum Gasteiger partial charge on any atom is 0.416 e. The molecule has 1 heterocycles. The maximum absolute atomic E-state index is 12.8. The van der Waals surface area contributed by atoms with Crippen LogP contribution in [0.15, 0.2) is 48.5 Å². The van der Waals surface area contributed by atoms with E-state index in [4.69, 9.17) is 9.47 Å². The highest BCUT2D eigenvalue weighted by atomic mass is 19.4. The highest BCUT2D eigenvalue weighted by Crippen LogP contribution is 2.31. The highest BCUT2D eigenvalue weighted by molar-refractivity contribution is 5.78. The Balaban J connectivity index is 1.53. The van der Waals surface area contributed by atoms with Gasteiger partial charge in [-0.25, -0.2) is 0 Å². The van der Waals surface area contributed by atoms with Gasteiger partial charge in [0.15, 0.2) is 6.61 Å². The lowest BCUT2D eigenvalue weighted by Gasteiger charge is -2.36. The smallest absolute Gasteiger partial charge is 0.416 e. The molecule has 5 nitrogen and oxygen atoms in total. The molecule has 1 aliphatic rings. The fraction of sp³-hybridized carbons (Fsp3) is 0.381. The van der Waals surface area contributed by atoms with Crippen LogP contribution < -0.4 is 14.4 Å². The summed E-state index contributed by atoms with van der Waals surface area (Å²) < 4.78 is 49.3. The van der Waals surface area contributed by atoms with Crippen molar-refractivity contribution < 1.29 is 27.4 Å². The zero-order valence-corrected chi connectivity index (χ0v) is 16.1. The van der Waals surface area contributed by atoms with Crippen molar-refractivity contribution in [3.05, 3.63) is 54.1 Å². The van der Waals surface area contributed by atoms with E-state index in [1.165, 1.54) is 12.1 Å². The molecule has 1 aliphatic heterocycles. The summed E-state index contributed by atoms with van der Waals surface area (Å²) in [6, 6.07) is 12.3. The third-order valence-corrected chi connectivity index (χ3v) is 4.66. The molecule has 156 valence electrons. The lowest BCUT2D eigenvalue weighted by molar-refractivity contribution is -0.137.